The normalized spacial score (nSPS) is 23.4. The van der Waals surface area contributed by atoms with E-state index in [1.807, 2.05) is 25.1 Å². The summed E-state index contributed by atoms with van der Waals surface area (Å²) < 4.78 is 5.47. The molecule has 1 saturated carbocycles. The van der Waals surface area contributed by atoms with Crippen molar-refractivity contribution in [3.63, 3.8) is 0 Å². The Balaban J connectivity index is 1.61. The van der Waals surface area contributed by atoms with Gasteiger partial charge in [0.1, 0.15) is 5.75 Å². The van der Waals surface area contributed by atoms with E-state index in [9.17, 15) is 9.59 Å². The van der Waals surface area contributed by atoms with Crippen molar-refractivity contribution in [2.75, 3.05) is 18.1 Å². The number of ether oxygens (including phenoxy) is 1. The lowest BCUT2D eigenvalue weighted by Crippen LogP contribution is -2.44. The molecule has 24 heavy (non-hydrogen) atoms. The van der Waals surface area contributed by atoms with E-state index in [4.69, 9.17) is 4.74 Å². The first-order valence-corrected chi connectivity index (χ1v) is 8.88. The summed E-state index contributed by atoms with van der Waals surface area (Å²) in [7, 11) is 0. The van der Waals surface area contributed by atoms with Crippen molar-refractivity contribution in [1.29, 1.82) is 0 Å². The third kappa shape index (κ3) is 3.71. The van der Waals surface area contributed by atoms with Gasteiger partial charge in [0.25, 0.3) is 5.91 Å². The van der Waals surface area contributed by atoms with Crippen molar-refractivity contribution >= 4 is 17.5 Å². The number of nitrogens with one attached hydrogen (secondary N) is 1. The van der Waals surface area contributed by atoms with Gasteiger partial charge >= 0.3 is 0 Å². The predicted molar refractivity (Wildman–Crippen MR) is 93.2 cm³/mol. The summed E-state index contributed by atoms with van der Waals surface area (Å²) in [5.74, 6) is 1.19. The molecule has 1 heterocycles. The van der Waals surface area contributed by atoms with Crippen LogP contribution >= 0.6 is 0 Å². The van der Waals surface area contributed by atoms with E-state index in [1.165, 1.54) is 19.3 Å². The smallest absolute Gasteiger partial charge is 0.265 e. The van der Waals surface area contributed by atoms with Crippen LogP contribution in [0.1, 0.15) is 44.6 Å². The quantitative estimate of drug-likeness (QED) is 0.923. The first-order valence-electron chi connectivity index (χ1n) is 8.88. The van der Waals surface area contributed by atoms with E-state index in [0.29, 0.717) is 24.6 Å². The second-order valence-corrected chi connectivity index (χ2v) is 6.99. The van der Waals surface area contributed by atoms with Crippen molar-refractivity contribution < 1.29 is 14.3 Å². The van der Waals surface area contributed by atoms with E-state index in [1.54, 1.807) is 4.90 Å². The Morgan fingerprint density at radius 2 is 2.12 bits per heavy atom. The summed E-state index contributed by atoms with van der Waals surface area (Å²) in [5, 5.41) is 3.15. The van der Waals surface area contributed by atoms with Crippen LogP contribution in [0.3, 0.4) is 0 Å². The van der Waals surface area contributed by atoms with Crippen molar-refractivity contribution in [1.82, 2.24) is 5.32 Å². The minimum Gasteiger partial charge on any atom is -0.482 e. The molecule has 3 rings (SSSR count). The Morgan fingerprint density at radius 1 is 1.33 bits per heavy atom. The molecule has 1 aromatic carbocycles. The molecule has 1 aromatic rings. The minimum absolute atomic E-state index is 0.0299. The summed E-state index contributed by atoms with van der Waals surface area (Å²) in [5.41, 5.74) is 1.84. The largest absolute Gasteiger partial charge is 0.482 e. The molecule has 130 valence electrons. The van der Waals surface area contributed by atoms with Crippen molar-refractivity contribution in [2.45, 2.75) is 52.0 Å². The second-order valence-electron chi connectivity index (χ2n) is 6.99. The number of amides is 2. The van der Waals surface area contributed by atoms with Crippen LogP contribution in [0.15, 0.2) is 18.2 Å². The molecule has 5 heteroatoms. The van der Waals surface area contributed by atoms with E-state index < -0.39 is 0 Å². The molecule has 0 spiro atoms. The number of hydrogen-bond acceptors (Lipinski definition) is 3. The topological polar surface area (TPSA) is 58.6 Å². The van der Waals surface area contributed by atoms with Crippen molar-refractivity contribution in [3.8, 4) is 5.75 Å². The van der Waals surface area contributed by atoms with Gasteiger partial charge in [-0.2, -0.15) is 0 Å². The lowest BCUT2D eigenvalue weighted by atomic mass is 9.86. The van der Waals surface area contributed by atoms with E-state index in [2.05, 4.69) is 12.2 Å². The van der Waals surface area contributed by atoms with Gasteiger partial charge in [-0.3, -0.25) is 9.59 Å². The predicted octanol–water partition coefficient (Wildman–Crippen LogP) is 2.81. The Bertz CT molecular complexity index is 629. The maximum Gasteiger partial charge on any atom is 0.265 e. The third-order valence-electron chi connectivity index (χ3n) is 5.08. The van der Waals surface area contributed by atoms with Gasteiger partial charge in [-0.25, -0.2) is 0 Å². The number of aryl methyl sites for hydroxylation is 1. The van der Waals surface area contributed by atoms with Gasteiger partial charge in [-0.1, -0.05) is 25.8 Å². The van der Waals surface area contributed by atoms with Crippen molar-refractivity contribution in [2.24, 2.45) is 5.92 Å². The molecule has 1 aliphatic heterocycles. The number of carbonyl (C=O) groups is 2. The molecule has 0 aromatic heterocycles. The van der Waals surface area contributed by atoms with Gasteiger partial charge in [0, 0.05) is 19.0 Å². The SMILES string of the molecule is Cc1ccc2c(c1)N(CCC(=O)N[C@@H]1CCCC[C@H]1C)C(=O)CO2. The van der Waals surface area contributed by atoms with Crippen LogP contribution in [0.2, 0.25) is 0 Å². The lowest BCUT2D eigenvalue weighted by molar-refractivity contribution is -0.122. The molecule has 2 amide bonds. The van der Waals surface area contributed by atoms with Gasteiger partial charge in [0.05, 0.1) is 5.69 Å². The summed E-state index contributed by atoms with van der Waals surface area (Å²) >= 11 is 0. The van der Waals surface area contributed by atoms with Crippen LogP contribution in [-0.4, -0.2) is 31.0 Å². The molecular weight excluding hydrogens is 304 g/mol. The molecule has 1 N–H and O–H groups in total. The average molecular weight is 330 g/mol. The molecule has 2 aliphatic rings. The van der Waals surface area contributed by atoms with Crippen LogP contribution < -0.4 is 15.0 Å². The minimum atomic E-state index is -0.0908. The lowest BCUT2D eigenvalue weighted by Gasteiger charge is -2.31. The fraction of sp³-hybridized carbons (Fsp3) is 0.579. The van der Waals surface area contributed by atoms with E-state index in [-0.39, 0.29) is 24.5 Å². The number of rotatable bonds is 4. The summed E-state index contributed by atoms with van der Waals surface area (Å²) in [6.45, 7) is 4.62. The Hall–Kier alpha value is -2.04. The second kappa shape index (κ2) is 7.24. The maximum absolute atomic E-state index is 12.3. The highest BCUT2D eigenvalue weighted by Gasteiger charge is 2.27. The molecule has 0 bridgehead atoms. The average Bonchev–Trinajstić information content (AvgIpc) is 2.56. The van der Waals surface area contributed by atoms with Crippen LogP contribution in [-0.2, 0) is 9.59 Å². The standard InChI is InChI=1S/C19H26N2O3/c1-13-7-8-17-16(11-13)21(19(23)12-24-17)10-9-18(22)20-15-6-4-3-5-14(15)2/h7-8,11,14-15H,3-6,9-10,12H2,1-2H3,(H,20,22)/t14-,15-/m1/s1. The maximum atomic E-state index is 12.3. The summed E-state index contributed by atoms with van der Waals surface area (Å²) in [6.07, 6.45) is 5.00. The van der Waals surface area contributed by atoms with Crippen molar-refractivity contribution in [3.05, 3.63) is 23.8 Å². The highest BCUT2D eigenvalue weighted by molar-refractivity contribution is 5.98. The first kappa shape index (κ1) is 16.8. The molecule has 2 atom stereocenters. The highest BCUT2D eigenvalue weighted by Crippen LogP contribution is 2.33. The zero-order valence-electron chi connectivity index (χ0n) is 14.5. The molecule has 1 fully saturated rings. The van der Waals surface area contributed by atoms with Crippen LogP contribution in [0, 0.1) is 12.8 Å². The van der Waals surface area contributed by atoms with Crippen LogP contribution in [0.4, 0.5) is 5.69 Å². The molecule has 0 saturated heterocycles. The summed E-state index contributed by atoms with van der Waals surface area (Å²) in [6, 6.07) is 6.06. The van der Waals surface area contributed by atoms with E-state index >= 15 is 0 Å². The highest BCUT2D eigenvalue weighted by atomic mass is 16.5. The van der Waals surface area contributed by atoms with Gasteiger partial charge in [-0.15, -0.1) is 0 Å². The summed E-state index contributed by atoms with van der Waals surface area (Å²) in [4.78, 5) is 26.2. The number of fused-ring (bicyclic) bond motifs is 1. The van der Waals surface area contributed by atoms with E-state index in [0.717, 1.165) is 17.7 Å². The number of carbonyl (C=O) groups excluding carboxylic acids is 2. The molecule has 0 unspecified atom stereocenters. The molecule has 1 aliphatic carbocycles. The third-order valence-corrected chi connectivity index (χ3v) is 5.08. The molecule has 5 nitrogen and oxygen atoms in total. The fourth-order valence-electron chi connectivity index (χ4n) is 3.58. The first-order chi connectivity index (χ1) is 11.5. The van der Waals surface area contributed by atoms with Crippen LogP contribution in [0.5, 0.6) is 5.75 Å². The van der Waals surface area contributed by atoms with Gasteiger partial charge in [0.15, 0.2) is 6.61 Å². The zero-order valence-corrected chi connectivity index (χ0v) is 14.5. The molecule has 0 radical (unpaired) electrons. The van der Waals surface area contributed by atoms with Gasteiger partial charge < -0.3 is 15.0 Å². The Morgan fingerprint density at radius 3 is 2.92 bits per heavy atom. The number of anilines is 1. The Labute approximate surface area is 143 Å². The number of benzene rings is 1. The number of hydrogen-bond donors (Lipinski definition) is 1. The number of nitrogens with zero attached hydrogens (tertiary/aromatic N) is 1. The van der Waals surface area contributed by atoms with Gasteiger partial charge in [0.2, 0.25) is 5.91 Å². The molecular formula is C19H26N2O3. The fourth-order valence-corrected chi connectivity index (χ4v) is 3.58. The van der Waals surface area contributed by atoms with Gasteiger partial charge in [-0.05, 0) is 43.4 Å². The Kier molecular flexibility index (Phi) is 5.07. The van der Waals surface area contributed by atoms with Crippen LogP contribution in [0.25, 0.3) is 0 Å². The monoisotopic (exact) mass is 330 g/mol. The zero-order chi connectivity index (χ0) is 17.1.